The molecule has 0 fully saturated rings. The maximum atomic E-state index is 5.74. The highest BCUT2D eigenvalue weighted by molar-refractivity contribution is 5.33. The maximum absolute atomic E-state index is 5.74. The van der Waals surface area contributed by atoms with E-state index in [9.17, 15) is 0 Å². The lowest BCUT2D eigenvalue weighted by molar-refractivity contribution is 0.307. The minimum atomic E-state index is 0.727. The van der Waals surface area contributed by atoms with Gasteiger partial charge in [-0.15, -0.1) is 0 Å². The van der Waals surface area contributed by atoms with E-state index in [0.29, 0.717) is 0 Å². The Balaban J connectivity index is 1.63. The van der Waals surface area contributed by atoms with Gasteiger partial charge in [0.05, 0.1) is 13.7 Å². The summed E-state index contributed by atoms with van der Waals surface area (Å²) in [6.07, 6.45) is 2.04. The average molecular weight is 299 g/mol. The minimum Gasteiger partial charge on any atom is -0.496 e. The molecule has 3 nitrogen and oxygen atoms in total. The van der Waals surface area contributed by atoms with Crippen LogP contribution in [0, 0.1) is 0 Å². The SMILES string of the molecule is CCc1ccc(OCCCNCc2ccccc2OC)cc1. The standard InChI is InChI=1S/C19H25NO2/c1-3-16-9-11-18(12-10-16)22-14-6-13-20-15-17-7-4-5-8-19(17)21-2/h4-5,7-12,20H,3,6,13-15H2,1-2H3. The molecule has 2 aromatic rings. The Kier molecular flexibility index (Phi) is 6.78. The van der Waals surface area contributed by atoms with Crippen LogP contribution in [0.15, 0.2) is 48.5 Å². The monoisotopic (exact) mass is 299 g/mol. The van der Waals surface area contributed by atoms with Crippen LogP contribution in [-0.2, 0) is 13.0 Å². The second-order valence-electron chi connectivity index (χ2n) is 5.19. The van der Waals surface area contributed by atoms with E-state index in [1.807, 2.05) is 30.3 Å². The summed E-state index contributed by atoms with van der Waals surface area (Å²) >= 11 is 0. The normalized spacial score (nSPS) is 10.5. The number of hydrogen-bond donors (Lipinski definition) is 1. The van der Waals surface area contributed by atoms with Crippen molar-refractivity contribution in [2.24, 2.45) is 0 Å². The Morgan fingerprint density at radius 3 is 2.50 bits per heavy atom. The van der Waals surface area contributed by atoms with Gasteiger partial charge >= 0.3 is 0 Å². The highest BCUT2D eigenvalue weighted by atomic mass is 16.5. The van der Waals surface area contributed by atoms with Crippen molar-refractivity contribution in [3.63, 3.8) is 0 Å². The molecular formula is C19H25NO2. The zero-order valence-electron chi connectivity index (χ0n) is 13.5. The summed E-state index contributed by atoms with van der Waals surface area (Å²) in [5.41, 5.74) is 2.52. The molecule has 0 bridgehead atoms. The summed E-state index contributed by atoms with van der Waals surface area (Å²) in [5.74, 6) is 1.88. The molecule has 1 N–H and O–H groups in total. The van der Waals surface area contributed by atoms with E-state index in [1.54, 1.807) is 7.11 Å². The fraction of sp³-hybridized carbons (Fsp3) is 0.368. The van der Waals surface area contributed by atoms with Crippen molar-refractivity contribution >= 4 is 0 Å². The second kappa shape index (κ2) is 9.11. The van der Waals surface area contributed by atoms with E-state index in [4.69, 9.17) is 9.47 Å². The zero-order chi connectivity index (χ0) is 15.6. The minimum absolute atomic E-state index is 0.727. The van der Waals surface area contributed by atoms with Crippen LogP contribution in [0.5, 0.6) is 11.5 Å². The first kappa shape index (κ1) is 16.4. The van der Waals surface area contributed by atoms with Gasteiger partial charge in [-0.05, 0) is 43.1 Å². The van der Waals surface area contributed by atoms with Gasteiger partial charge in [-0.3, -0.25) is 0 Å². The summed E-state index contributed by atoms with van der Waals surface area (Å²) in [4.78, 5) is 0. The Labute approximate surface area is 133 Å². The summed E-state index contributed by atoms with van der Waals surface area (Å²) in [6, 6.07) is 16.4. The van der Waals surface area contributed by atoms with Gasteiger partial charge in [0.15, 0.2) is 0 Å². The molecule has 0 aliphatic rings. The molecule has 0 saturated carbocycles. The number of hydrogen-bond acceptors (Lipinski definition) is 3. The molecule has 0 saturated heterocycles. The third-order valence-corrected chi connectivity index (χ3v) is 3.61. The van der Waals surface area contributed by atoms with Crippen molar-refractivity contribution in [2.45, 2.75) is 26.3 Å². The lowest BCUT2D eigenvalue weighted by Gasteiger charge is -2.10. The highest BCUT2D eigenvalue weighted by Gasteiger charge is 2.00. The van der Waals surface area contributed by atoms with Crippen molar-refractivity contribution in [1.29, 1.82) is 0 Å². The van der Waals surface area contributed by atoms with E-state index >= 15 is 0 Å². The van der Waals surface area contributed by atoms with Gasteiger partial charge in [-0.25, -0.2) is 0 Å². The number of ether oxygens (including phenoxy) is 2. The largest absolute Gasteiger partial charge is 0.496 e. The van der Waals surface area contributed by atoms with Crippen molar-refractivity contribution in [2.75, 3.05) is 20.3 Å². The molecule has 0 aliphatic carbocycles. The van der Waals surface area contributed by atoms with Crippen LogP contribution < -0.4 is 14.8 Å². The molecule has 0 aromatic heterocycles. The fourth-order valence-electron chi connectivity index (χ4n) is 2.28. The van der Waals surface area contributed by atoms with E-state index in [2.05, 4.69) is 30.4 Å². The third-order valence-electron chi connectivity index (χ3n) is 3.61. The van der Waals surface area contributed by atoms with Gasteiger partial charge in [0, 0.05) is 12.1 Å². The van der Waals surface area contributed by atoms with E-state index in [1.165, 1.54) is 11.1 Å². The van der Waals surface area contributed by atoms with Gasteiger partial charge in [0.1, 0.15) is 11.5 Å². The third kappa shape index (κ3) is 5.08. The molecule has 0 spiro atoms. The number of methoxy groups -OCH3 is 1. The number of benzene rings is 2. The quantitative estimate of drug-likeness (QED) is 0.714. The molecule has 0 radical (unpaired) electrons. The van der Waals surface area contributed by atoms with Crippen molar-refractivity contribution < 1.29 is 9.47 Å². The van der Waals surface area contributed by atoms with E-state index < -0.39 is 0 Å². The van der Waals surface area contributed by atoms with Gasteiger partial charge in [-0.2, -0.15) is 0 Å². The first-order valence-electron chi connectivity index (χ1n) is 7.88. The number of nitrogens with one attached hydrogen (secondary N) is 1. The summed E-state index contributed by atoms with van der Waals surface area (Å²) < 4.78 is 11.1. The molecule has 0 aliphatic heterocycles. The van der Waals surface area contributed by atoms with Crippen LogP contribution in [0.3, 0.4) is 0 Å². The van der Waals surface area contributed by atoms with Crippen LogP contribution in [0.1, 0.15) is 24.5 Å². The molecule has 22 heavy (non-hydrogen) atoms. The van der Waals surface area contributed by atoms with Gasteiger partial charge < -0.3 is 14.8 Å². The lowest BCUT2D eigenvalue weighted by Crippen LogP contribution is -2.17. The highest BCUT2D eigenvalue weighted by Crippen LogP contribution is 2.16. The predicted octanol–water partition coefficient (Wildman–Crippen LogP) is 3.82. The maximum Gasteiger partial charge on any atom is 0.123 e. The van der Waals surface area contributed by atoms with Crippen molar-refractivity contribution in [1.82, 2.24) is 5.32 Å². The van der Waals surface area contributed by atoms with Gasteiger partial charge in [-0.1, -0.05) is 37.3 Å². The Bertz CT molecular complexity index is 552. The number of rotatable bonds is 9. The summed E-state index contributed by atoms with van der Waals surface area (Å²) in [7, 11) is 1.70. The topological polar surface area (TPSA) is 30.5 Å². The molecular weight excluding hydrogens is 274 g/mol. The van der Waals surface area contributed by atoms with Crippen LogP contribution in [-0.4, -0.2) is 20.3 Å². The van der Waals surface area contributed by atoms with Crippen LogP contribution in [0.2, 0.25) is 0 Å². The molecule has 3 heteroatoms. The molecule has 2 rings (SSSR count). The number of para-hydroxylation sites is 1. The summed E-state index contributed by atoms with van der Waals surface area (Å²) in [6.45, 7) is 4.62. The first-order chi connectivity index (χ1) is 10.8. The van der Waals surface area contributed by atoms with Crippen LogP contribution in [0.4, 0.5) is 0 Å². The Morgan fingerprint density at radius 1 is 1.00 bits per heavy atom. The van der Waals surface area contributed by atoms with Crippen molar-refractivity contribution in [3.8, 4) is 11.5 Å². The molecule has 0 unspecified atom stereocenters. The average Bonchev–Trinajstić information content (AvgIpc) is 2.58. The molecule has 118 valence electrons. The van der Waals surface area contributed by atoms with Crippen molar-refractivity contribution in [3.05, 3.63) is 59.7 Å². The lowest BCUT2D eigenvalue weighted by atomic mass is 10.2. The second-order valence-corrected chi connectivity index (χ2v) is 5.19. The van der Waals surface area contributed by atoms with Crippen LogP contribution in [0.25, 0.3) is 0 Å². The van der Waals surface area contributed by atoms with E-state index in [0.717, 1.165) is 44.0 Å². The molecule has 0 amide bonds. The van der Waals surface area contributed by atoms with Crippen LogP contribution >= 0.6 is 0 Å². The Hall–Kier alpha value is -2.00. The fourth-order valence-corrected chi connectivity index (χ4v) is 2.28. The van der Waals surface area contributed by atoms with Gasteiger partial charge in [0.2, 0.25) is 0 Å². The zero-order valence-corrected chi connectivity index (χ0v) is 13.5. The van der Waals surface area contributed by atoms with Gasteiger partial charge in [0.25, 0.3) is 0 Å². The molecule has 0 heterocycles. The Morgan fingerprint density at radius 2 is 1.77 bits per heavy atom. The summed E-state index contributed by atoms with van der Waals surface area (Å²) in [5, 5.41) is 3.42. The van der Waals surface area contributed by atoms with E-state index in [-0.39, 0.29) is 0 Å². The number of aryl methyl sites for hydroxylation is 1. The predicted molar refractivity (Wildman–Crippen MR) is 90.6 cm³/mol. The molecule has 2 aromatic carbocycles. The molecule has 0 atom stereocenters. The smallest absolute Gasteiger partial charge is 0.123 e. The first-order valence-corrected chi connectivity index (χ1v) is 7.88.